The van der Waals surface area contributed by atoms with Crippen molar-refractivity contribution in [2.45, 2.75) is 39.5 Å². The third-order valence-electron chi connectivity index (χ3n) is 4.12. The maximum Gasteiger partial charge on any atom is 0.231 e. The standard InChI is InChI=1S/C15H28N6/c1-5-9-16-13-18-14(20-15(19-13)21(3)4)17-10-12-8-6-7-11(12)2/h11-12H,5-10H2,1-4H3,(H2,16,17,18,19,20). The SMILES string of the molecule is CCCNc1nc(NCC2CCCC2C)nc(N(C)C)n1. The Labute approximate surface area is 127 Å². The lowest BCUT2D eigenvalue weighted by atomic mass is 9.98. The average Bonchev–Trinajstić information content (AvgIpc) is 2.88. The molecule has 118 valence electrons. The second-order valence-corrected chi connectivity index (χ2v) is 6.15. The van der Waals surface area contributed by atoms with Gasteiger partial charge in [-0.25, -0.2) is 0 Å². The molecule has 0 aromatic carbocycles. The van der Waals surface area contributed by atoms with E-state index in [0.29, 0.717) is 17.8 Å². The minimum atomic E-state index is 0.650. The highest BCUT2D eigenvalue weighted by molar-refractivity contribution is 5.42. The van der Waals surface area contributed by atoms with Crippen molar-refractivity contribution in [2.75, 3.05) is 42.7 Å². The van der Waals surface area contributed by atoms with Crippen molar-refractivity contribution in [3.05, 3.63) is 0 Å². The maximum atomic E-state index is 4.48. The fraction of sp³-hybridized carbons (Fsp3) is 0.800. The van der Waals surface area contributed by atoms with E-state index in [-0.39, 0.29) is 0 Å². The van der Waals surface area contributed by atoms with E-state index < -0.39 is 0 Å². The Bertz CT molecular complexity index is 448. The fourth-order valence-corrected chi connectivity index (χ4v) is 2.71. The molecule has 2 atom stereocenters. The molecule has 1 aliphatic carbocycles. The highest BCUT2D eigenvalue weighted by atomic mass is 15.3. The Balaban J connectivity index is 2.04. The molecule has 0 spiro atoms. The Morgan fingerprint density at radius 3 is 2.38 bits per heavy atom. The van der Waals surface area contributed by atoms with Crippen molar-refractivity contribution in [1.82, 2.24) is 15.0 Å². The molecule has 0 saturated heterocycles. The predicted molar refractivity (Wildman–Crippen MR) is 87.9 cm³/mol. The van der Waals surface area contributed by atoms with Crippen molar-refractivity contribution >= 4 is 17.8 Å². The molecule has 1 aromatic heterocycles. The van der Waals surface area contributed by atoms with E-state index in [2.05, 4.69) is 39.4 Å². The summed E-state index contributed by atoms with van der Waals surface area (Å²) in [6, 6.07) is 0. The zero-order chi connectivity index (χ0) is 15.2. The molecule has 1 saturated carbocycles. The van der Waals surface area contributed by atoms with Gasteiger partial charge in [-0.15, -0.1) is 0 Å². The molecule has 0 aliphatic heterocycles. The molecule has 6 nitrogen and oxygen atoms in total. The summed E-state index contributed by atoms with van der Waals surface area (Å²) in [5.74, 6) is 3.54. The van der Waals surface area contributed by atoms with Crippen LogP contribution in [0.5, 0.6) is 0 Å². The zero-order valence-electron chi connectivity index (χ0n) is 13.7. The second kappa shape index (κ2) is 7.43. The molecule has 0 radical (unpaired) electrons. The Morgan fingerprint density at radius 1 is 1.10 bits per heavy atom. The van der Waals surface area contributed by atoms with Gasteiger partial charge in [0.15, 0.2) is 0 Å². The minimum absolute atomic E-state index is 0.650. The number of aromatic nitrogens is 3. The lowest BCUT2D eigenvalue weighted by molar-refractivity contribution is 0.439. The molecule has 2 unspecified atom stereocenters. The van der Waals surface area contributed by atoms with Crippen LogP contribution < -0.4 is 15.5 Å². The molecule has 2 rings (SSSR count). The molecule has 1 fully saturated rings. The van der Waals surface area contributed by atoms with Gasteiger partial charge in [-0.05, 0) is 24.7 Å². The van der Waals surface area contributed by atoms with Crippen molar-refractivity contribution in [3.63, 3.8) is 0 Å². The van der Waals surface area contributed by atoms with Crippen LogP contribution in [0.2, 0.25) is 0 Å². The normalized spacial score (nSPS) is 21.3. The monoisotopic (exact) mass is 292 g/mol. The van der Waals surface area contributed by atoms with E-state index >= 15 is 0 Å². The van der Waals surface area contributed by atoms with E-state index in [4.69, 9.17) is 0 Å². The lowest BCUT2D eigenvalue weighted by Gasteiger charge is -2.17. The van der Waals surface area contributed by atoms with E-state index in [1.807, 2.05) is 19.0 Å². The Morgan fingerprint density at radius 2 is 1.81 bits per heavy atom. The highest BCUT2D eigenvalue weighted by Gasteiger charge is 2.23. The number of hydrogen-bond acceptors (Lipinski definition) is 6. The summed E-state index contributed by atoms with van der Waals surface area (Å²) in [4.78, 5) is 15.3. The van der Waals surface area contributed by atoms with E-state index in [9.17, 15) is 0 Å². The summed E-state index contributed by atoms with van der Waals surface area (Å²) in [7, 11) is 3.89. The number of nitrogens with zero attached hydrogens (tertiary/aromatic N) is 4. The second-order valence-electron chi connectivity index (χ2n) is 6.15. The summed E-state index contributed by atoms with van der Waals surface area (Å²) < 4.78 is 0. The van der Waals surface area contributed by atoms with Gasteiger partial charge in [0.2, 0.25) is 17.8 Å². The minimum Gasteiger partial charge on any atom is -0.354 e. The largest absolute Gasteiger partial charge is 0.354 e. The van der Waals surface area contributed by atoms with Crippen LogP contribution >= 0.6 is 0 Å². The summed E-state index contributed by atoms with van der Waals surface area (Å²) in [6.07, 6.45) is 5.04. The van der Waals surface area contributed by atoms with Crippen molar-refractivity contribution in [2.24, 2.45) is 11.8 Å². The van der Waals surface area contributed by atoms with Gasteiger partial charge in [0.1, 0.15) is 0 Å². The quantitative estimate of drug-likeness (QED) is 0.805. The molecule has 1 aromatic rings. The van der Waals surface area contributed by atoms with Gasteiger partial charge in [-0.1, -0.05) is 26.7 Å². The first kappa shape index (κ1) is 15.8. The average molecular weight is 292 g/mol. The number of hydrogen-bond donors (Lipinski definition) is 2. The van der Waals surface area contributed by atoms with Crippen LogP contribution in [-0.4, -0.2) is 42.1 Å². The van der Waals surface area contributed by atoms with Gasteiger partial charge in [-0.3, -0.25) is 0 Å². The summed E-state index contributed by atoms with van der Waals surface area (Å²) >= 11 is 0. The van der Waals surface area contributed by atoms with Crippen LogP contribution in [0.3, 0.4) is 0 Å². The smallest absolute Gasteiger partial charge is 0.231 e. The van der Waals surface area contributed by atoms with E-state index in [1.54, 1.807) is 0 Å². The topological polar surface area (TPSA) is 66.0 Å². The highest BCUT2D eigenvalue weighted by Crippen LogP contribution is 2.31. The van der Waals surface area contributed by atoms with E-state index in [1.165, 1.54) is 19.3 Å². The Kier molecular flexibility index (Phi) is 5.59. The summed E-state index contributed by atoms with van der Waals surface area (Å²) in [6.45, 7) is 6.29. The van der Waals surface area contributed by atoms with Crippen molar-refractivity contribution in [3.8, 4) is 0 Å². The fourth-order valence-electron chi connectivity index (χ4n) is 2.71. The summed E-state index contributed by atoms with van der Waals surface area (Å²) in [5.41, 5.74) is 0. The predicted octanol–water partition coefficient (Wildman–Crippen LogP) is 2.61. The number of nitrogens with one attached hydrogen (secondary N) is 2. The van der Waals surface area contributed by atoms with Crippen LogP contribution in [0.15, 0.2) is 0 Å². The van der Waals surface area contributed by atoms with Crippen LogP contribution in [0.4, 0.5) is 17.8 Å². The van der Waals surface area contributed by atoms with Crippen molar-refractivity contribution < 1.29 is 0 Å². The van der Waals surface area contributed by atoms with Crippen LogP contribution in [-0.2, 0) is 0 Å². The van der Waals surface area contributed by atoms with Gasteiger partial charge in [0.05, 0.1) is 0 Å². The number of rotatable bonds is 7. The molecule has 1 heterocycles. The van der Waals surface area contributed by atoms with Gasteiger partial charge in [-0.2, -0.15) is 15.0 Å². The first-order chi connectivity index (χ1) is 10.1. The zero-order valence-corrected chi connectivity index (χ0v) is 13.7. The van der Waals surface area contributed by atoms with Gasteiger partial charge < -0.3 is 15.5 Å². The van der Waals surface area contributed by atoms with Gasteiger partial charge in [0.25, 0.3) is 0 Å². The lowest BCUT2D eigenvalue weighted by Crippen LogP contribution is -2.21. The molecule has 0 bridgehead atoms. The third kappa shape index (κ3) is 4.44. The van der Waals surface area contributed by atoms with Crippen LogP contribution in [0, 0.1) is 11.8 Å². The molecule has 6 heteroatoms. The third-order valence-corrected chi connectivity index (χ3v) is 4.12. The first-order valence-corrected chi connectivity index (χ1v) is 8.01. The van der Waals surface area contributed by atoms with Gasteiger partial charge in [0, 0.05) is 27.2 Å². The molecule has 21 heavy (non-hydrogen) atoms. The molecule has 0 amide bonds. The Hall–Kier alpha value is -1.59. The number of anilines is 3. The van der Waals surface area contributed by atoms with Crippen molar-refractivity contribution in [1.29, 1.82) is 0 Å². The summed E-state index contributed by atoms with van der Waals surface area (Å²) in [5, 5.41) is 6.64. The molecular formula is C15H28N6. The van der Waals surface area contributed by atoms with E-state index in [0.717, 1.165) is 31.3 Å². The molecule has 2 N–H and O–H groups in total. The van der Waals surface area contributed by atoms with Gasteiger partial charge >= 0.3 is 0 Å². The van der Waals surface area contributed by atoms with Crippen LogP contribution in [0.25, 0.3) is 0 Å². The first-order valence-electron chi connectivity index (χ1n) is 8.01. The van der Waals surface area contributed by atoms with Crippen LogP contribution in [0.1, 0.15) is 39.5 Å². The maximum absolute atomic E-state index is 4.48. The molecule has 1 aliphatic rings. The molecular weight excluding hydrogens is 264 g/mol.